The Morgan fingerprint density at radius 3 is 2.48 bits per heavy atom. The van der Waals surface area contributed by atoms with Crippen molar-refractivity contribution in [2.24, 2.45) is 0 Å². The normalized spacial score (nSPS) is 11.3. The van der Waals surface area contributed by atoms with Gasteiger partial charge in [0.15, 0.2) is 0 Å². The Bertz CT molecular complexity index is 546. The number of methoxy groups -OCH3 is 1. The maximum absolute atomic E-state index is 12.2. The van der Waals surface area contributed by atoms with Crippen molar-refractivity contribution in [3.63, 3.8) is 0 Å². The average Bonchev–Trinajstić information content (AvgIpc) is 2.44. The first-order valence-corrected chi connectivity index (χ1v) is 7.84. The number of hydrogen-bond acceptors (Lipinski definition) is 3. The smallest absolute Gasteiger partial charge is 0.328 e. The highest BCUT2D eigenvalue weighted by molar-refractivity contribution is 9.11. The van der Waals surface area contributed by atoms with E-state index >= 15 is 0 Å². The maximum atomic E-state index is 12.2. The second-order valence-corrected chi connectivity index (χ2v) is 6.14. The molecule has 0 bridgehead atoms. The van der Waals surface area contributed by atoms with E-state index in [4.69, 9.17) is 11.2 Å². The van der Waals surface area contributed by atoms with Crippen LogP contribution in [0.1, 0.15) is 29.6 Å². The summed E-state index contributed by atoms with van der Waals surface area (Å²) in [4.78, 5) is 23.9. The number of hydrogen-bond donors (Lipinski definition) is 1. The quantitative estimate of drug-likeness (QED) is 0.439. The van der Waals surface area contributed by atoms with Gasteiger partial charge in [-0.05, 0) is 31.0 Å². The number of carbonyl (C=O) groups excluding carboxylic acids is 2. The van der Waals surface area contributed by atoms with E-state index in [1.165, 1.54) is 7.11 Å². The molecule has 0 heterocycles. The predicted molar refractivity (Wildman–Crippen MR) is 87.8 cm³/mol. The molecule has 1 amide bonds. The van der Waals surface area contributed by atoms with Crippen molar-refractivity contribution in [2.75, 3.05) is 7.11 Å². The fourth-order valence-electron chi connectivity index (χ4n) is 1.73. The van der Waals surface area contributed by atoms with Gasteiger partial charge in [0.2, 0.25) is 0 Å². The summed E-state index contributed by atoms with van der Waals surface area (Å²) in [7, 11) is 1.29. The van der Waals surface area contributed by atoms with Gasteiger partial charge in [0.05, 0.1) is 7.11 Å². The Kier molecular flexibility index (Phi) is 7.48. The minimum atomic E-state index is -0.700. The van der Waals surface area contributed by atoms with Crippen LogP contribution in [-0.2, 0) is 9.53 Å². The van der Waals surface area contributed by atoms with E-state index in [0.29, 0.717) is 24.8 Å². The topological polar surface area (TPSA) is 55.4 Å². The molecule has 1 aromatic rings. The van der Waals surface area contributed by atoms with Crippen LogP contribution in [0, 0.1) is 12.3 Å². The minimum Gasteiger partial charge on any atom is -0.467 e. The number of ether oxygens (including phenoxy) is 1. The molecule has 0 radical (unpaired) electrons. The molecule has 1 atom stereocenters. The monoisotopic (exact) mass is 415 g/mol. The molecule has 0 aromatic heterocycles. The van der Waals surface area contributed by atoms with Gasteiger partial charge in [-0.25, -0.2) is 4.79 Å². The molecule has 112 valence electrons. The Morgan fingerprint density at radius 2 is 1.95 bits per heavy atom. The maximum Gasteiger partial charge on any atom is 0.328 e. The third-order valence-electron chi connectivity index (χ3n) is 2.73. The zero-order chi connectivity index (χ0) is 15.8. The van der Waals surface area contributed by atoms with Crippen molar-refractivity contribution >= 4 is 43.7 Å². The van der Waals surface area contributed by atoms with Crippen LogP contribution in [-0.4, -0.2) is 25.0 Å². The highest BCUT2D eigenvalue weighted by Gasteiger charge is 2.21. The second kappa shape index (κ2) is 8.85. The van der Waals surface area contributed by atoms with Crippen LogP contribution in [0.25, 0.3) is 0 Å². The van der Waals surface area contributed by atoms with E-state index in [9.17, 15) is 9.59 Å². The standard InChI is InChI=1S/C15H15Br2NO3/c1-3-4-5-6-13(15(20)21-2)18-14(19)10-7-11(16)9-12(17)8-10/h1,7-9,13H,4-6H2,2H3,(H,18,19)/t13-/m1/s1. The van der Waals surface area contributed by atoms with Gasteiger partial charge in [0.25, 0.3) is 5.91 Å². The molecule has 6 heteroatoms. The molecule has 1 N–H and O–H groups in total. The first-order valence-electron chi connectivity index (χ1n) is 6.26. The number of unbranched alkanes of at least 4 members (excludes halogenated alkanes) is 1. The van der Waals surface area contributed by atoms with Gasteiger partial charge in [-0.3, -0.25) is 4.79 Å². The number of halogens is 2. The van der Waals surface area contributed by atoms with Crippen LogP contribution in [0.2, 0.25) is 0 Å². The molecule has 0 aliphatic heterocycles. The summed E-state index contributed by atoms with van der Waals surface area (Å²) in [5.74, 6) is 1.69. The third kappa shape index (κ3) is 5.90. The summed E-state index contributed by atoms with van der Waals surface area (Å²) in [6.45, 7) is 0. The van der Waals surface area contributed by atoms with Gasteiger partial charge < -0.3 is 10.1 Å². The van der Waals surface area contributed by atoms with Crippen LogP contribution < -0.4 is 5.32 Å². The highest BCUT2D eigenvalue weighted by atomic mass is 79.9. The molecular formula is C15H15Br2NO3. The molecule has 0 saturated carbocycles. The molecule has 21 heavy (non-hydrogen) atoms. The Hall–Kier alpha value is -1.32. The van der Waals surface area contributed by atoms with Crippen LogP contribution >= 0.6 is 31.9 Å². The number of carbonyl (C=O) groups is 2. The number of esters is 1. The van der Waals surface area contributed by atoms with E-state index in [0.717, 1.165) is 8.95 Å². The van der Waals surface area contributed by atoms with Crippen molar-refractivity contribution in [3.05, 3.63) is 32.7 Å². The van der Waals surface area contributed by atoms with Crippen LogP contribution in [0.3, 0.4) is 0 Å². The van der Waals surface area contributed by atoms with Gasteiger partial charge in [-0.2, -0.15) is 0 Å². The molecule has 0 aliphatic rings. The Balaban J connectivity index is 2.79. The lowest BCUT2D eigenvalue weighted by molar-refractivity contribution is -0.143. The summed E-state index contributed by atoms with van der Waals surface area (Å²) < 4.78 is 6.24. The van der Waals surface area contributed by atoms with E-state index in [-0.39, 0.29) is 5.91 Å². The number of amides is 1. The predicted octanol–water partition coefficient (Wildman–Crippen LogP) is 3.29. The minimum absolute atomic E-state index is 0.340. The SMILES string of the molecule is C#CCCC[C@@H](NC(=O)c1cc(Br)cc(Br)c1)C(=O)OC. The van der Waals surface area contributed by atoms with Gasteiger partial charge in [-0.1, -0.05) is 31.9 Å². The van der Waals surface area contributed by atoms with Gasteiger partial charge in [0, 0.05) is 20.9 Å². The lowest BCUT2D eigenvalue weighted by atomic mass is 10.1. The van der Waals surface area contributed by atoms with Crippen LogP contribution in [0.4, 0.5) is 0 Å². The molecule has 0 fully saturated rings. The highest BCUT2D eigenvalue weighted by Crippen LogP contribution is 2.20. The molecule has 0 unspecified atom stereocenters. The average molecular weight is 417 g/mol. The van der Waals surface area contributed by atoms with E-state index in [1.54, 1.807) is 12.1 Å². The molecular weight excluding hydrogens is 402 g/mol. The summed E-state index contributed by atoms with van der Waals surface area (Å²) >= 11 is 6.64. The zero-order valence-electron chi connectivity index (χ0n) is 11.5. The molecule has 0 spiro atoms. The number of benzene rings is 1. The number of terminal acetylenes is 1. The van der Waals surface area contributed by atoms with E-state index in [1.807, 2.05) is 6.07 Å². The van der Waals surface area contributed by atoms with E-state index in [2.05, 4.69) is 43.1 Å². The summed E-state index contributed by atoms with van der Waals surface area (Å²) in [5, 5.41) is 2.67. The van der Waals surface area contributed by atoms with Crippen molar-refractivity contribution in [1.82, 2.24) is 5.32 Å². The van der Waals surface area contributed by atoms with Crippen molar-refractivity contribution in [2.45, 2.75) is 25.3 Å². The fourth-order valence-corrected chi connectivity index (χ4v) is 3.02. The number of rotatable bonds is 6. The van der Waals surface area contributed by atoms with Crippen molar-refractivity contribution < 1.29 is 14.3 Å². The Labute approximate surface area is 140 Å². The lowest BCUT2D eigenvalue weighted by Gasteiger charge is -2.16. The van der Waals surface area contributed by atoms with Crippen LogP contribution in [0.5, 0.6) is 0 Å². The molecule has 1 rings (SSSR count). The van der Waals surface area contributed by atoms with Crippen molar-refractivity contribution in [3.8, 4) is 12.3 Å². The van der Waals surface area contributed by atoms with Crippen LogP contribution in [0.15, 0.2) is 27.1 Å². The largest absolute Gasteiger partial charge is 0.467 e. The Morgan fingerprint density at radius 1 is 1.33 bits per heavy atom. The molecule has 4 nitrogen and oxygen atoms in total. The van der Waals surface area contributed by atoms with Gasteiger partial charge >= 0.3 is 5.97 Å². The third-order valence-corrected chi connectivity index (χ3v) is 3.65. The molecule has 0 aliphatic carbocycles. The lowest BCUT2D eigenvalue weighted by Crippen LogP contribution is -2.41. The molecule has 0 saturated heterocycles. The van der Waals surface area contributed by atoms with E-state index < -0.39 is 12.0 Å². The summed E-state index contributed by atoms with van der Waals surface area (Å²) in [6.07, 6.45) is 6.81. The summed E-state index contributed by atoms with van der Waals surface area (Å²) in [6, 6.07) is 4.47. The van der Waals surface area contributed by atoms with Gasteiger partial charge in [0.1, 0.15) is 6.04 Å². The fraction of sp³-hybridized carbons (Fsp3) is 0.333. The van der Waals surface area contributed by atoms with Crippen molar-refractivity contribution in [1.29, 1.82) is 0 Å². The first-order chi connectivity index (χ1) is 9.97. The second-order valence-electron chi connectivity index (χ2n) is 4.30. The van der Waals surface area contributed by atoms with Gasteiger partial charge in [-0.15, -0.1) is 12.3 Å². The first kappa shape index (κ1) is 17.7. The summed E-state index contributed by atoms with van der Waals surface area (Å²) in [5.41, 5.74) is 0.446. The number of nitrogens with one attached hydrogen (secondary N) is 1. The molecule has 1 aromatic carbocycles. The zero-order valence-corrected chi connectivity index (χ0v) is 14.7.